The van der Waals surface area contributed by atoms with Crippen molar-refractivity contribution >= 4 is 10.8 Å². The summed E-state index contributed by atoms with van der Waals surface area (Å²) in [4.78, 5) is 0. The van der Waals surface area contributed by atoms with Gasteiger partial charge in [-0.3, -0.25) is 0 Å². The first kappa shape index (κ1) is 70.3. The summed E-state index contributed by atoms with van der Waals surface area (Å²) in [5.41, 5.74) is 14.5. The van der Waals surface area contributed by atoms with Crippen LogP contribution in [0.3, 0.4) is 0 Å². The lowest BCUT2D eigenvalue weighted by Gasteiger charge is -2.28. The molecule has 0 radical (unpaired) electrons. The highest BCUT2D eigenvalue weighted by molar-refractivity contribution is 5.88. The molecule has 0 spiro atoms. The summed E-state index contributed by atoms with van der Waals surface area (Å²) in [7, 11) is 0. The van der Waals surface area contributed by atoms with Gasteiger partial charge in [-0.25, -0.2) is 13.2 Å². The van der Waals surface area contributed by atoms with Crippen molar-refractivity contribution in [3.63, 3.8) is 0 Å². The third-order valence-electron chi connectivity index (χ3n) is 19.3. The van der Waals surface area contributed by atoms with Gasteiger partial charge in [0, 0.05) is 11.1 Å². The molecule has 476 valence electrons. The minimum atomic E-state index is -0.742. The molecule has 0 heterocycles. The highest BCUT2D eigenvalue weighted by Gasteiger charge is 2.21. The van der Waals surface area contributed by atoms with E-state index in [0.717, 1.165) is 72.1 Å². The lowest BCUT2D eigenvalue weighted by atomic mass is 9.78. The first-order valence-electron chi connectivity index (χ1n) is 35.6. The smallest absolute Gasteiger partial charge is 0.166 e. The van der Waals surface area contributed by atoms with Crippen LogP contribution in [0.25, 0.3) is 55.3 Å². The molecule has 0 bridgehead atoms. The number of fused-ring (bicyclic) bond motifs is 1. The number of aryl methyl sites for hydroxylation is 6. The maximum absolute atomic E-state index is 14.7. The molecule has 0 aliphatic heterocycles. The first-order chi connectivity index (χ1) is 43.4. The van der Waals surface area contributed by atoms with Crippen LogP contribution in [0.5, 0.6) is 0 Å². The molecule has 1 aliphatic rings. The monoisotopic (exact) mass is 1200 g/mol. The van der Waals surface area contributed by atoms with Gasteiger partial charge in [0.05, 0.1) is 0 Å². The van der Waals surface area contributed by atoms with E-state index in [1.54, 1.807) is 18.2 Å². The topological polar surface area (TPSA) is 0 Å². The van der Waals surface area contributed by atoms with E-state index in [1.165, 1.54) is 198 Å². The Balaban J connectivity index is 0.000000192. The average Bonchev–Trinajstić information content (AvgIpc) is 2.68. The maximum atomic E-state index is 14.7. The molecule has 0 saturated heterocycles. The molecule has 8 aromatic carbocycles. The third-order valence-corrected chi connectivity index (χ3v) is 19.3. The van der Waals surface area contributed by atoms with Crippen LogP contribution >= 0.6 is 0 Å². The summed E-state index contributed by atoms with van der Waals surface area (Å²) in [6.07, 6.45) is 39.0. The van der Waals surface area contributed by atoms with Gasteiger partial charge < -0.3 is 0 Å². The molecule has 9 rings (SSSR count). The van der Waals surface area contributed by atoms with Crippen LogP contribution < -0.4 is 0 Å². The Bertz CT molecular complexity index is 3230. The summed E-state index contributed by atoms with van der Waals surface area (Å²) in [5, 5.41) is 2.65. The van der Waals surface area contributed by atoms with Crippen LogP contribution in [-0.2, 0) is 25.7 Å². The van der Waals surface area contributed by atoms with E-state index in [2.05, 4.69) is 151 Å². The molecule has 1 atom stereocenters. The van der Waals surface area contributed by atoms with Gasteiger partial charge in [-0.15, -0.1) is 0 Å². The molecule has 0 nitrogen and oxygen atoms in total. The van der Waals surface area contributed by atoms with E-state index in [0.29, 0.717) is 28.7 Å². The molecule has 8 aromatic rings. The van der Waals surface area contributed by atoms with E-state index in [1.807, 2.05) is 43.3 Å². The second-order valence-electron chi connectivity index (χ2n) is 26.7. The molecule has 0 amide bonds. The number of hydrogen-bond donors (Lipinski definition) is 0. The highest BCUT2D eigenvalue weighted by Crippen LogP contribution is 2.35. The molecule has 0 N–H and O–H groups in total. The first-order valence-corrected chi connectivity index (χ1v) is 35.6. The van der Waals surface area contributed by atoms with Crippen molar-refractivity contribution in [1.29, 1.82) is 0 Å². The van der Waals surface area contributed by atoms with E-state index in [9.17, 15) is 13.2 Å². The van der Waals surface area contributed by atoms with Crippen LogP contribution in [0.15, 0.2) is 164 Å². The normalized spacial score (nSPS) is 14.2. The van der Waals surface area contributed by atoms with E-state index in [4.69, 9.17) is 0 Å². The lowest BCUT2D eigenvalue weighted by Crippen LogP contribution is -2.15. The average molecular weight is 1200 g/mol. The van der Waals surface area contributed by atoms with Gasteiger partial charge in [-0.05, 0) is 167 Å². The number of benzene rings is 8. The fourth-order valence-electron chi connectivity index (χ4n) is 13.2. The third kappa shape index (κ3) is 23.9. The van der Waals surface area contributed by atoms with Crippen LogP contribution in [0.4, 0.5) is 13.2 Å². The Kier molecular flexibility index (Phi) is 30.9. The van der Waals surface area contributed by atoms with Gasteiger partial charge in [0.1, 0.15) is 5.82 Å². The summed E-state index contributed by atoms with van der Waals surface area (Å²) < 4.78 is 43.4. The molecule has 1 aliphatic carbocycles. The van der Waals surface area contributed by atoms with Crippen LogP contribution in [0.2, 0.25) is 0 Å². The van der Waals surface area contributed by atoms with E-state index < -0.39 is 11.6 Å². The van der Waals surface area contributed by atoms with Crippen molar-refractivity contribution in [2.75, 3.05) is 0 Å². The van der Waals surface area contributed by atoms with Gasteiger partial charge in [0.25, 0.3) is 0 Å². The molecule has 3 heteroatoms. The van der Waals surface area contributed by atoms with Crippen molar-refractivity contribution in [1.82, 2.24) is 0 Å². The van der Waals surface area contributed by atoms with Crippen LogP contribution in [-0.4, -0.2) is 0 Å². The molecule has 89 heavy (non-hydrogen) atoms. The SMILES string of the molecule is CCCC1CCC(CCc2ccc(-c3ccc(C)cc3F)cc2)CC1.CCCCCCCCCCCCCCCc1ccc(-c2ccc3cc(C)ccc3c2)cc1.CCCCCc1ccc(-c2ccc(-c3ccc(CCCC(C)CC)cc3)cc2)c(F)c1F. The standard InChI is InChI=1S/C32H44.C30H36F2.C24H31F/c1-3-4-5-6-7-8-9-10-11-12-13-14-15-16-28-18-21-29(22-19-28)31-24-23-30-25-27(2)17-20-32(30)26-31;1-4-6-7-11-27-20-21-28(30(32)29(27)31)26-18-16-25(17-19-26)24-14-12-23(13-15-24)10-8-9-22(3)5-2;1-3-4-19-6-8-20(9-7-19)10-11-21-12-14-22(15-13-21)23-16-5-18(2)17-24(23)25/h17-26H,3-16H2,1-2H3;12-22H,4-11H2,1-3H3;5,12-17,19-20H,3-4,6-11H2,1-2H3. The number of halogens is 3. The van der Waals surface area contributed by atoms with Crippen LogP contribution in [0, 0.1) is 49.1 Å². The van der Waals surface area contributed by atoms with Gasteiger partial charge in [-0.2, -0.15) is 0 Å². The Hall–Kier alpha value is -6.19. The Labute approximate surface area is 539 Å². The van der Waals surface area contributed by atoms with Crippen molar-refractivity contribution in [3.8, 4) is 44.5 Å². The van der Waals surface area contributed by atoms with Crippen molar-refractivity contribution in [2.45, 2.75) is 241 Å². The summed E-state index contributed by atoms with van der Waals surface area (Å²) >= 11 is 0. The second kappa shape index (κ2) is 39.2. The summed E-state index contributed by atoms with van der Waals surface area (Å²) in [6.45, 7) is 15.3. The van der Waals surface area contributed by atoms with Crippen molar-refractivity contribution in [2.24, 2.45) is 17.8 Å². The summed E-state index contributed by atoms with van der Waals surface area (Å²) in [5.74, 6) is 1.12. The van der Waals surface area contributed by atoms with Gasteiger partial charge in [-0.1, -0.05) is 333 Å². The highest BCUT2D eigenvalue weighted by atomic mass is 19.2. The largest absolute Gasteiger partial charge is 0.206 e. The molecule has 0 aromatic heterocycles. The molecular formula is C86H111F3. The zero-order chi connectivity index (χ0) is 63.0. The van der Waals surface area contributed by atoms with Crippen molar-refractivity contribution in [3.05, 3.63) is 215 Å². The van der Waals surface area contributed by atoms with Crippen LogP contribution in [0.1, 0.15) is 235 Å². The summed E-state index contributed by atoms with van der Waals surface area (Å²) in [6, 6.07) is 56.6. The number of hydrogen-bond acceptors (Lipinski definition) is 0. The Morgan fingerprint density at radius 2 is 0.764 bits per heavy atom. The molecule has 1 saturated carbocycles. The molecular weight excluding hydrogens is 1090 g/mol. The molecule has 1 fully saturated rings. The zero-order valence-electron chi connectivity index (χ0n) is 56.2. The Morgan fingerprint density at radius 1 is 0.348 bits per heavy atom. The maximum Gasteiger partial charge on any atom is 0.166 e. The molecule has 1 unspecified atom stereocenters. The zero-order valence-corrected chi connectivity index (χ0v) is 56.2. The van der Waals surface area contributed by atoms with Crippen molar-refractivity contribution < 1.29 is 13.2 Å². The van der Waals surface area contributed by atoms with Gasteiger partial charge >= 0.3 is 0 Å². The van der Waals surface area contributed by atoms with Gasteiger partial charge in [0.2, 0.25) is 0 Å². The minimum Gasteiger partial charge on any atom is -0.206 e. The second-order valence-corrected chi connectivity index (χ2v) is 26.7. The number of unbranched alkanes of at least 4 members (excludes halogenated alkanes) is 14. The lowest BCUT2D eigenvalue weighted by molar-refractivity contribution is 0.252. The fraction of sp³-hybridized carbons (Fsp3) is 0.465. The quantitative estimate of drug-likeness (QED) is 0.0369. The van der Waals surface area contributed by atoms with E-state index >= 15 is 0 Å². The Morgan fingerprint density at radius 3 is 1.34 bits per heavy atom. The predicted molar refractivity (Wildman–Crippen MR) is 382 cm³/mol. The van der Waals surface area contributed by atoms with E-state index in [-0.39, 0.29) is 5.82 Å². The fourth-order valence-corrected chi connectivity index (χ4v) is 13.2. The predicted octanol–water partition coefficient (Wildman–Crippen LogP) is 27.2. The van der Waals surface area contributed by atoms with Gasteiger partial charge in [0.15, 0.2) is 11.6 Å². The number of rotatable bonds is 32. The minimum absolute atomic E-state index is 0.128.